The summed E-state index contributed by atoms with van der Waals surface area (Å²) >= 11 is 12.4. The monoisotopic (exact) mass is 719 g/mol. The standard InChI is InChI=1S/C35H34Cl2F3N3O4S/c1-3-18-41-34(45)32(20-25-8-5-4-6-9-25)42(22-26-14-17-30(36)31(37)19-26)33(44)23-43(28-11-7-10-27(21-28)35(38,39)40)48(46,47)29-15-12-24(2)13-16-29/h4-17,19,21,32H,3,18,20,22-23H2,1-2H3,(H,41,45)/t32-/m1/s1. The third-order valence-corrected chi connectivity index (χ3v) is 10.0. The average molecular weight is 721 g/mol. The van der Waals surface area contributed by atoms with Gasteiger partial charge in [-0.25, -0.2) is 8.42 Å². The van der Waals surface area contributed by atoms with Crippen molar-refractivity contribution in [2.75, 3.05) is 17.4 Å². The highest BCUT2D eigenvalue weighted by Crippen LogP contribution is 2.34. The summed E-state index contributed by atoms with van der Waals surface area (Å²) < 4.78 is 70.2. The molecule has 0 unspecified atom stereocenters. The van der Waals surface area contributed by atoms with Crippen LogP contribution in [0.4, 0.5) is 18.9 Å². The van der Waals surface area contributed by atoms with Crippen molar-refractivity contribution in [3.05, 3.63) is 129 Å². The number of halogens is 5. The van der Waals surface area contributed by atoms with Crippen LogP contribution in [0.1, 0.15) is 35.6 Å². The second kappa shape index (κ2) is 15.9. The molecule has 0 aliphatic heterocycles. The van der Waals surface area contributed by atoms with Crippen LogP contribution in [0.15, 0.2) is 102 Å². The van der Waals surface area contributed by atoms with Gasteiger partial charge in [0.15, 0.2) is 0 Å². The molecule has 0 aliphatic carbocycles. The summed E-state index contributed by atoms with van der Waals surface area (Å²) in [6, 6.07) is 22.0. The first-order valence-corrected chi connectivity index (χ1v) is 17.2. The number of alkyl halides is 3. The van der Waals surface area contributed by atoms with Crippen molar-refractivity contribution >= 4 is 50.7 Å². The number of hydrogen-bond acceptors (Lipinski definition) is 4. The Bertz CT molecular complexity index is 1840. The maximum absolute atomic E-state index is 14.5. The van der Waals surface area contributed by atoms with Gasteiger partial charge in [0, 0.05) is 19.5 Å². The van der Waals surface area contributed by atoms with Crippen LogP contribution < -0.4 is 9.62 Å². The molecule has 0 saturated carbocycles. The molecule has 0 bridgehead atoms. The molecule has 0 heterocycles. The maximum Gasteiger partial charge on any atom is 0.416 e. The Balaban J connectivity index is 1.85. The van der Waals surface area contributed by atoms with E-state index in [1.54, 1.807) is 55.5 Å². The number of nitrogens with one attached hydrogen (secondary N) is 1. The van der Waals surface area contributed by atoms with Crippen LogP contribution >= 0.6 is 23.2 Å². The Labute approximate surface area is 288 Å². The van der Waals surface area contributed by atoms with E-state index in [1.807, 2.05) is 6.92 Å². The first-order chi connectivity index (χ1) is 22.7. The first kappa shape index (κ1) is 36.8. The summed E-state index contributed by atoms with van der Waals surface area (Å²) in [6.07, 6.45) is -4.10. The van der Waals surface area contributed by atoms with Crippen molar-refractivity contribution in [1.29, 1.82) is 0 Å². The molecule has 0 aliphatic rings. The van der Waals surface area contributed by atoms with Gasteiger partial charge in [-0.05, 0) is 66.9 Å². The molecule has 2 amide bonds. The van der Waals surface area contributed by atoms with Crippen LogP contribution in [-0.4, -0.2) is 44.3 Å². The summed E-state index contributed by atoms with van der Waals surface area (Å²) in [6.45, 7) is 2.84. The second-order valence-corrected chi connectivity index (χ2v) is 13.8. The third kappa shape index (κ3) is 9.30. The lowest BCUT2D eigenvalue weighted by molar-refractivity contribution is -0.140. The molecule has 254 valence electrons. The lowest BCUT2D eigenvalue weighted by Gasteiger charge is -2.34. The number of rotatable bonds is 13. The molecule has 1 atom stereocenters. The molecule has 4 aromatic carbocycles. The Morgan fingerprint density at radius 3 is 2.17 bits per heavy atom. The van der Waals surface area contributed by atoms with Gasteiger partial charge < -0.3 is 10.2 Å². The minimum absolute atomic E-state index is 0.0672. The molecule has 0 spiro atoms. The van der Waals surface area contributed by atoms with Crippen molar-refractivity contribution < 1.29 is 31.2 Å². The maximum atomic E-state index is 14.5. The molecule has 0 radical (unpaired) electrons. The molecule has 0 aromatic heterocycles. The lowest BCUT2D eigenvalue weighted by atomic mass is 10.0. The molecule has 0 saturated heterocycles. The molecule has 1 N–H and O–H groups in total. The van der Waals surface area contributed by atoms with E-state index in [2.05, 4.69) is 5.32 Å². The minimum atomic E-state index is -4.78. The molecule has 0 fully saturated rings. The van der Waals surface area contributed by atoms with E-state index < -0.39 is 46.2 Å². The van der Waals surface area contributed by atoms with Crippen LogP contribution in [0.5, 0.6) is 0 Å². The fraction of sp³-hybridized carbons (Fsp3) is 0.257. The zero-order chi connectivity index (χ0) is 35.1. The van der Waals surface area contributed by atoms with E-state index >= 15 is 0 Å². The third-order valence-electron chi connectivity index (χ3n) is 7.51. The summed E-state index contributed by atoms with van der Waals surface area (Å²) in [7, 11) is -4.59. The summed E-state index contributed by atoms with van der Waals surface area (Å²) in [5, 5.41) is 3.29. The Morgan fingerprint density at radius 2 is 1.54 bits per heavy atom. The van der Waals surface area contributed by atoms with Gasteiger partial charge in [-0.3, -0.25) is 13.9 Å². The lowest BCUT2D eigenvalue weighted by Crippen LogP contribution is -2.53. The van der Waals surface area contributed by atoms with E-state index in [1.165, 1.54) is 35.2 Å². The van der Waals surface area contributed by atoms with Crippen molar-refractivity contribution in [1.82, 2.24) is 10.2 Å². The van der Waals surface area contributed by atoms with Gasteiger partial charge in [0.25, 0.3) is 10.0 Å². The fourth-order valence-corrected chi connectivity index (χ4v) is 6.68. The minimum Gasteiger partial charge on any atom is -0.354 e. The predicted octanol–water partition coefficient (Wildman–Crippen LogP) is 7.68. The van der Waals surface area contributed by atoms with E-state index in [0.29, 0.717) is 28.9 Å². The molecule has 4 rings (SSSR count). The molecule has 4 aromatic rings. The summed E-state index contributed by atoms with van der Waals surface area (Å²) in [4.78, 5) is 29.2. The van der Waals surface area contributed by atoms with Crippen molar-refractivity contribution in [3.63, 3.8) is 0 Å². The molecular formula is C35H34Cl2F3N3O4S. The number of aryl methyl sites for hydroxylation is 1. The molecule has 7 nitrogen and oxygen atoms in total. The number of anilines is 1. The van der Waals surface area contributed by atoms with Crippen LogP contribution in [0, 0.1) is 6.92 Å². The van der Waals surface area contributed by atoms with Crippen LogP contribution in [-0.2, 0) is 38.8 Å². The normalized spacial score (nSPS) is 12.3. The van der Waals surface area contributed by atoms with Gasteiger partial charge in [0.1, 0.15) is 12.6 Å². The van der Waals surface area contributed by atoms with E-state index in [0.717, 1.165) is 23.3 Å². The zero-order valence-electron chi connectivity index (χ0n) is 26.2. The number of sulfonamides is 1. The fourth-order valence-electron chi connectivity index (χ4n) is 4.96. The number of carbonyl (C=O) groups is 2. The molecule has 48 heavy (non-hydrogen) atoms. The molecule has 13 heteroatoms. The largest absolute Gasteiger partial charge is 0.416 e. The van der Waals surface area contributed by atoms with Gasteiger partial charge in [-0.2, -0.15) is 13.2 Å². The predicted molar refractivity (Wildman–Crippen MR) is 181 cm³/mol. The van der Waals surface area contributed by atoms with Gasteiger partial charge >= 0.3 is 6.18 Å². The highest BCUT2D eigenvalue weighted by Gasteiger charge is 2.36. The Morgan fingerprint density at radius 1 is 0.854 bits per heavy atom. The SMILES string of the molecule is CCCNC(=O)[C@@H](Cc1ccccc1)N(Cc1ccc(Cl)c(Cl)c1)C(=O)CN(c1cccc(C(F)(F)F)c1)S(=O)(=O)c1ccc(C)cc1. The van der Waals surface area contributed by atoms with Crippen LogP contribution in [0.3, 0.4) is 0 Å². The number of benzene rings is 4. The van der Waals surface area contributed by atoms with Crippen LogP contribution in [0.2, 0.25) is 10.0 Å². The number of amides is 2. The van der Waals surface area contributed by atoms with Crippen LogP contribution in [0.25, 0.3) is 0 Å². The Kier molecular flexibility index (Phi) is 12.2. The van der Waals surface area contributed by atoms with Crippen molar-refractivity contribution in [3.8, 4) is 0 Å². The van der Waals surface area contributed by atoms with Gasteiger partial charge in [0.2, 0.25) is 11.8 Å². The quantitative estimate of drug-likeness (QED) is 0.154. The van der Waals surface area contributed by atoms with Gasteiger partial charge in [-0.1, -0.05) is 90.3 Å². The topological polar surface area (TPSA) is 86.8 Å². The molecular weight excluding hydrogens is 686 g/mol. The highest BCUT2D eigenvalue weighted by atomic mass is 35.5. The van der Waals surface area contributed by atoms with Crippen molar-refractivity contribution in [2.45, 2.75) is 50.3 Å². The van der Waals surface area contributed by atoms with Crippen molar-refractivity contribution in [2.24, 2.45) is 0 Å². The number of hydrogen-bond donors (Lipinski definition) is 1. The first-order valence-electron chi connectivity index (χ1n) is 15.0. The van der Waals surface area contributed by atoms with Gasteiger partial charge in [-0.15, -0.1) is 0 Å². The summed E-state index contributed by atoms with van der Waals surface area (Å²) in [5.41, 5.74) is 0.507. The Hall–Kier alpha value is -4.06. The van der Waals surface area contributed by atoms with E-state index in [-0.39, 0.29) is 33.6 Å². The second-order valence-electron chi connectivity index (χ2n) is 11.1. The van der Waals surface area contributed by atoms with Gasteiger partial charge in [0.05, 0.1) is 26.2 Å². The average Bonchev–Trinajstić information content (AvgIpc) is 3.05. The van der Waals surface area contributed by atoms with E-state index in [9.17, 15) is 31.2 Å². The zero-order valence-corrected chi connectivity index (χ0v) is 28.5. The summed E-state index contributed by atoms with van der Waals surface area (Å²) in [5.74, 6) is -1.32. The van der Waals surface area contributed by atoms with E-state index in [4.69, 9.17) is 23.2 Å². The number of carbonyl (C=O) groups excluding carboxylic acids is 2. The highest BCUT2D eigenvalue weighted by molar-refractivity contribution is 7.92. The smallest absolute Gasteiger partial charge is 0.354 e. The number of nitrogens with zero attached hydrogens (tertiary/aromatic N) is 2.